The zero-order valence-electron chi connectivity index (χ0n) is 10.3. The minimum Gasteiger partial charge on any atom is -0.492 e. The van der Waals surface area contributed by atoms with Gasteiger partial charge in [-0.2, -0.15) is 0 Å². The van der Waals surface area contributed by atoms with Gasteiger partial charge in [0.25, 0.3) is 0 Å². The minimum atomic E-state index is -1.46. The quantitative estimate of drug-likeness (QED) is 0.552. The number of halogens is 4. The molecule has 0 aliphatic rings. The summed E-state index contributed by atoms with van der Waals surface area (Å²) < 4.78 is 45.9. The van der Waals surface area contributed by atoms with Gasteiger partial charge in [-0.25, -0.2) is 13.2 Å². The van der Waals surface area contributed by atoms with E-state index >= 15 is 0 Å². The van der Waals surface area contributed by atoms with Crippen molar-refractivity contribution in [2.45, 2.75) is 19.8 Å². The highest BCUT2D eigenvalue weighted by Gasteiger charge is 2.16. The molecule has 2 rings (SSSR count). The Morgan fingerprint density at radius 3 is 2.53 bits per heavy atom. The normalized spacial score (nSPS) is 11.0. The van der Waals surface area contributed by atoms with E-state index < -0.39 is 17.5 Å². The predicted octanol–water partition coefficient (Wildman–Crippen LogP) is 5.20. The lowest BCUT2D eigenvalue weighted by Crippen LogP contribution is -1.99. The maximum absolute atomic E-state index is 13.6. The van der Waals surface area contributed by atoms with E-state index in [9.17, 15) is 13.2 Å². The van der Waals surface area contributed by atoms with Crippen molar-refractivity contribution < 1.29 is 17.9 Å². The van der Waals surface area contributed by atoms with Crippen molar-refractivity contribution in [1.29, 1.82) is 0 Å². The molecule has 19 heavy (non-hydrogen) atoms. The van der Waals surface area contributed by atoms with E-state index in [1.54, 1.807) is 6.07 Å². The van der Waals surface area contributed by atoms with Crippen molar-refractivity contribution in [3.05, 3.63) is 40.1 Å². The van der Waals surface area contributed by atoms with Crippen LogP contribution in [0.4, 0.5) is 13.2 Å². The van der Waals surface area contributed by atoms with Gasteiger partial charge < -0.3 is 4.74 Å². The maximum atomic E-state index is 13.6. The molecule has 0 unspecified atom stereocenters. The van der Waals surface area contributed by atoms with Crippen molar-refractivity contribution >= 4 is 26.7 Å². The van der Waals surface area contributed by atoms with Crippen LogP contribution in [0, 0.1) is 17.5 Å². The highest BCUT2D eigenvalue weighted by atomic mass is 79.9. The minimum absolute atomic E-state index is 0.0219. The Balaban J connectivity index is 2.49. The van der Waals surface area contributed by atoms with Crippen LogP contribution in [0.25, 0.3) is 10.8 Å². The summed E-state index contributed by atoms with van der Waals surface area (Å²) in [6, 6.07) is 3.90. The fourth-order valence-electron chi connectivity index (χ4n) is 1.76. The molecular formula is C14H12BrF3O. The fourth-order valence-corrected chi connectivity index (χ4v) is 2.33. The first-order valence-electron chi connectivity index (χ1n) is 5.94. The van der Waals surface area contributed by atoms with E-state index in [0.29, 0.717) is 16.8 Å². The van der Waals surface area contributed by atoms with E-state index in [4.69, 9.17) is 4.74 Å². The Bertz CT molecular complexity index is 613. The highest BCUT2D eigenvalue weighted by molar-refractivity contribution is 9.10. The van der Waals surface area contributed by atoms with Gasteiger partial charge in [-0.3, -0.25) is 0 Å². The van der Waals surface area contributed by atoms with Crippen molar-refractivity contribution in [1.82, 2.24) is 0 Å². The molecule has 0 amide bonds. The van der Waals surface area contributed by atoms with Crippen LogP contribution < -0.4 is 4.74 Å². The molecule has 0 atom stereocenters. The average molecular weight is 333 g/mol. The van der Waals surface area contributed by atoms with Crippen LogP contribution in [0.15, 0.2) is 22.7 Å². The summed E-state index contributed by atoms with van der Waals surface area (Å²) in [4.78, 5) is 0. The highest BCUT2D eigenvalue weighted by Crippen LogP contribution is 2.35. The first-order chi connectivity index (χ1) is 9.06. The molecule has 0 radical (unpaired) electrons. The van der Waals surface area contributed by atoms with Gasteiger partial charge in [0, 0.05) is 10.8 Å². The Morgan fingerprint density at radius 2 is 1.84 bits per heavy atom. The number of unbranched alkanes of at least 4 members (excludes halogenated alkanes) is 1. The standard InChI is InChI=1S/C14H12BrF3O/c1-2-3-6-19-11-5-4-8-9(12(11)15)7-10(16)14(18)13(8)17/h4-5,7H,2-3,6H2,1H3. The van der Waals surface area contributed by atoms with Crippen molar-refractivity contribution in [3.8, 4) is 5.75 Å². The van der Waals surface area contributed by atoms with E-state index in [1.165, 1.54) is 6.07 Å². The summed E-state index contributed by atoms with van der Waals surface area (Å²) in [5.74, 6) is -3.36. The number of fused-ring (bicyclic) bond motifs is 1. The summed E-state index contributed by atoms with van der Waals surface area (Å²) in [7, 11) is 0. The third-order valence-electron chi connectivity index (χ3n) is 2.81. The summed E-state index contributed by atoms with van der Waals surface area (Å²) in [6.45, 7) is 2.55. The van der Waals surface area contributed by atoms with Gasteiger partial charge in [0.05, 0.1) is 11.1 Å². The Hall–Kier alpha value is -1.23. The van der Waals surface area contributed by atoms with Gasteiger partial charge in [-0.15, -0.1) is 0 Å². The number of hydrogen-bond donors (Lipinski definition) is 0. The van der Waals surface area contributed by atoms with Crippen molar-refractivity contribution in [3.63, 3.8) is 0 Å². The second-order valence-corrected chi connectivity index (χ2v) is 4.95. The molecule has 0 aliphatic carbocycles. The van der Waals surface area contributed by atoms with Crippen molar-refractivity contribution in [2.24, 2.45) is 0 Å². The molecule has 2 aromatic carbocycles. The van der Waals surface area contributed by atoms with Gasteiger partial charge in [-0.1, -0.05) is 13.3 Å². The molecule has 0 heterocycles. The largest absolute Gasteiger partial charge is 0.492 e. The first-order valence-corrected chi connectivity index (χ1v) is 6.74. The van der Waals surface area contributed by atoms with Gasteiger partial charge in [-0.05, 0) is 40.5 Å². The topological polar surface area (TPSA) is 9.23 Å². The van der Waals surface area contributed by atoms with Crippen LogP contribution in [0.3, 0.4) is 0 Å². The number of rotatable bonds is 4. The summed E-state index contributed by atoms with van der Waals surface area (Å²) >= 11 is 3.25. The van der Waals surface area contributed by atoms with Crippen LogP contribution in [0.5, 0.6) is 5.75 Å². The van der Waals surface area contributed by atoms with Gasteiger partial charge in [0.15, 0.2) is 17.5 Å². The molecule has 0 aliphatic heterocycles. The molecular weight excluding hydrogens is 321 g/mol. The number of benzene rings is 2. The summed E-state index contributed by atoms with van der Waals surface area (Å²) in [5.41, 5.74) is 0. The number of hydrogen-bond acceptors (Lipinski definition) is 1. The lowest BCUT2D eigenvalue weighted by molar-refractivity contribution is 0.308. The van der Waals surface area contributed by atoms with Crippen molar-refractivity contribution in [2.75, 3.05) is 6.61 Å². The molecule has 0 N–H and O–H groups in total. The second kappa shape index (κ2) is 5.82. The molecule has 0 saturated carbocycles. The third kappa shape index (κ3) is 2.71. The predicted molar refractivity (Wildman–Crippen MR) is 71.9 cm³/mol. The molecule has 0 fully saturated rings. The fraction of sp³-hybridized carbons (Fsp3) is 0.286. The van der Waals surface area contributed by atoms with Gasteiger partial charge in [0.1, 0.15) is 5.75 Å². The molecule has 2 aromatic rings. The Labute approximate surface area is 117 Å². The van der Waals surface area contributed by atoms with Gasteiger partial charge >= 0.3 is 0 Å². The Morgan fingerprint density at radius 1 is 1.11 bits per heavy atom. The third-order valence-corrected chi connectivity index (χ3v) is 3.63. The van der Waals surface area contributed by atoms with E-state index in [0.717, 1.165) is 18.9 Å². The summed E-state index contributed by atoms with van der Waals surface area (Å²) in [6.07, 6.45) is 1.87. The monoisotopic (exact) mass is 332 g/mol. The lowest BCUT2D eigenvalue weighted by Gasteiger charge is -2.11. The van der Waals surface area contributed by atoms with Crippen LogP contribution in [-0.4, -0.2) is 6.61 Å². The molecule has 0 bridgehead atoms. The molecule has 0 spiro atoms. The zero-order valence-corrected chi connectivity index (χ0v) is 11.9. The van der Waals surface area contributed by atoms with E-state index in [2.05, 4.69) is 15.9 Å². The molecule has 102 valence electrons. The van der Waals surface area contributed by atoms with Crippen LogP contribution in [0.2, 0.25) is 0 Å². The smallest absolute Gasteiger partial charge is 0.195 e. The zero-order chi connectivity index (χ0) is 14.0. The SMILES string of the molecule is CCCCOc1ccc2c(F)c(F)c(F)cc2c1Br. The summed E-state index contributed by atoms with van der Waals surface area (Å²) in [5, 5.41) is 0.277. The van der Waals surface area contributed by atoms with Gasteiger partial charge in [0.2, 0.25) is 0 Å². The lowest BCUT2D eigenvalue weighted by atomic mass is 10.1. The Kier molecular flexibility index (Phi) is 4.34. The first kappa shape index (κ1) is 14.2. The molecule has 1 nitrogen and oxygen atoms in total. The molecule has 0 saturated heterocycles. The molecule has 5 heteroatoms. The van der Waals surface area contributed by atoms with Crippen LogP contribution >= 0.6 is 15.9 Å². The average Bonchev–Trinajstić information content (AvgIpc) is 2.40. The van der Waals surface area contributed by atoms with Crippen LogP contribution in [0.1, 0.15) is 19.8 Å². The maximum Gasteiger partial charge on any atom is 0.195 e. The molecule has 0 aromatic heterocycles. The van der Waals surface area contributed by atoms with E-state index in [-0.39, 0.29) is 10.8 Å². The second-order valence-electron chi connectivity index (χ2n) is 4.16. The number of ether oxygens (including phenoxy) is 1. The van der Waals surface area contributed by atoms with E-state index in [1.807, 2.05) is 6.92 Å². The van der Waals surface area contributed by atoms with Crippen LogP contribution in [-0.2, 0) is 0 Å².